The van der Waals surface area contributed by atoms with Gasteiger partial charge in [-0.15, -0.1) is 6.58 Å². The van der Waals surface area contributed by atoms with Crippen LogP contribution in [0, 0.1) is 6.92 Å². The summed E-state index contributed by atoms with van der Waals surface area (Å²) in [4.78, 5) is 2.34. The van der Waals surface area contributed by atoms with Gasteiger partial charge in [-0.25, -0.2) is 0 Å². The maximum absolute atomic E-state index is 10.3. The van der Waals surface area contributed by atoms with Crippen molar-refractivity contribution in [2.75, 3.05) is 26.2 Å². The van der Waals surface area contributed by atoms with Gasteiger partial charge in [0.15, 0.2) is 0 Å². The number of hydrogen-bond acceptors (Lipinski definition) is 3. The Hall–Kier alpha value is -0.840. The van der Waals surface area contributed by atoms with Crippen LogP contribution in [0.15, 0.2) is 29.3 Å². The highest BCUT2D eigenvalue weighted by molar-refractivity contribution is 9.10. The summed E-state index contributed by atoms with van der Waals surface area (Å²) in [5.41, 5.74) is 1.82. The van der Waals surface area contributed by atoms with Gasteiger partial charge < -0.3 is 10.4 Å². The van der Waals surface area contributed by atoms with Gasteiger partial charge in [-0.2, -0.15) is 0 Å². The molecule has 1 aliphatic rings. The summed E-state index contributed by atoms with van der Waals surface area (Å²) in [6, 6.07) is 3.96. The number of nitrogens with one attached hydrogen (secondary N) is 1. The Labute approximate surface area is 117 Å². The van der Waals surface area contributed by atoms with Gasteiger partial charge >= 0.3 is 0 Å². The fourth-order valence-electron chi connectivity index (χ4n) is 2.38. The smallest absolute Gasteiger partial charge is 0.124 e. The second kappa shape index (κ2) is 5.87. The van der Waals surface area contributed by atoms with Crippen molar-refractivity contribution in [2.45, 2.75) is 13.0 Å². The Morgan fingerprint density at radius 3 is 2.72 bits per heavy atom. The minimum atomic E-state index is 0.0568. The van der Waals surface area contributed by atoms with E-state index in [1.165, 1.54) is 0 Å². The second-order valence-corrected chi connectivity index (χ2v) is 5.45. The molecule has 2 rings (SSSR count). The fourth-order valence-corrected chi connectivity index (χ4v) is 2.94. The molecule has 2 N–H and O–H groups in total. The van der Waals surface area contributed by atoms with Gasteiger partial charge in [-0.05, 0) is 18.6 Å². The summed E-state index contributed by atoms with van der Waals surface area (Å²) in [5.74, 6) is 0.368. The highest BCUT2D eigenvalue weighted by Crippen LogP contribution is 2.37. The van der Waals surface area contributed by atoms with Crippen LogP contribution in [0.3, 0.4) is 0 Å². The number of rotatable bonds is 3. The van der Waals surface area contributed by atoms with Crippen LogP contribution in [0.2, 0.25) is 0 Å². The number of nitrogens with zero attached hydrogens (tertiary/aromatic N) is 1. The first-order chi connectivity index (χ1) is 8.65. The zero-order valence-corrected chi connectivity index (χ0v) is 12.2. The fraction of sp³-hybridized carbons (Fsp3) is 0.429. The molecule has 1 atom stereocenters. The SMILES string of the molecule is C=C[C@@H](c1c(Br)ccc(C)c1O)N1CCNCC1. The third kappa shape index (κ3) is 2.60. The van der Waals surface area contributed by atoms with Gasteiger partial charge in [0.05, 0.1) is 6.04 Å². The molecule has 0 radical (unpaired) electrons. The molecule has 1 aromatic rings. The third-order valence-electron chi connectivity index (χ3n) is 3.43. The summed E-state index contributed by atoms with van der Waals surface area (Å²) in [5, 5.41) is 13.6. The highest BCUT2D eigenvalue weighted by atomic mass is 79.9. The van der Waals surface area contributed by atoms with E-state index < -0.39 is 0 Å². The molecule has 98 valence electrons. The molecule has 1 aromatic carbocycles. The number of halogens is 1. The lowest BCUT2D eigenvalue weighted by molar-refractivity contribution is 0.200. The maximum Gasteiger partial charge on any atom is 0.124 e. The van der Waals surface area contributed by atoms with Gasteiger partial charge in [0.1, 0.15) is 5.75 Å². The molecule has 0 aromatic heterocycles. The molecule has 0 bridgehead atoms. The molecular formula is C14H19BrN2O. The van der Waals surface area contributed by atoms with Crippen LogP contribution in [0.1, 0.15) is 17.2 Å². The summed E-state index contributed by atoms with van der Waals surface area (Å²) in [6.45, 7) is 9.75. The Balaban J connectivity index is 2.37. The van der Waals surface area contributed by atoms with E-state index in [1.807, 2.05) is 25.1 Å². The lowest BCUT2D eigenvalue weighted by atomic mass is 10.0. The van der Waals surface area contributed by atoms with Crippen molar-refractivity contribution >= 4 is 15.9 Å². The molecular weight excluding hydrogens is 292 g/mol. The monoisotopic (exact) mass is 310 g/mol. The van der Waals surface area contributed by atoms with Crippen LogP contribution in [-0.2, 0) is 0 Å². The molecule has 0 saturated carbocycles. The van der Waals surface area contributed by atoms with Crippen molar-refractivity contribution in [3.8, 4) is 5.75 Å². The Bertz CT molecular complexity index is 442. The number of phenolic OH excluding ortho intramolecular Hbond substituents is 1. The van der Waals surface area contributed by atoms with Crippen LogP contribution in [0.5, 0.6) is 5.75 Å². The van der Waals surface area contributed by atoms with Crippen LogP contribution in [0.25, 0.3) is 0 Å². The molecule has 0 aliphatic carbocycles. The van der Waals surface area contributed by atoms with E-state index in [-0.39, 0.29) is 6.04 Å². The topological polar surface area (TPSA) is 35.5 Å². The quantitative estimate of drug-likeness (QED) is 0.842. The van der Waals surface area contributed by atoms with Crippen molar-refractivity contribution in [3.63, 3.8) is 0 Å². The number of benzene rings is 1. The molecule has 1 fully saturated rings. The Morgan fingerprint density at radius 1 is 1.44 bits per heavy atom. The molecule has 1 aliphatic heterocycles. The van der Waals surface area contributed by atoms with Crippen molar-refractivity contribution in [1.29, 1.82) is 0 Å². The van der Waals surface area contributed by atoms with Crippen molar-refractivity contribution < 1.29 is 5.11 Å². The van der Waals surface area contributed by atoms with Gasteiger partial charge in [-0.3, -0.25) is 4.90 Å². The van der Waals surface area contributed by atoms with E-state index in [2.05, 4.69) is 32.7 Å². The zero-order valence-electron chi connectivity index (χ0n) is 10.6. The predicted octanol–water partition coefficient (Wildman–Crippen LogP) is 2.60. The van der Waals surface area contributed by atoms with Crippen molar-refractivity contribution in [2.24, 2.45) is 0 Å². The van der Waals surface area contributed by atoms with E-state index in [0.29, 0.717) is 5.75 Å². The van der Waals surface area contributed by atoms with E-state index in [4.69, 9.17) is 0 Å². The van der Waals surface area contributed by atoms with E-state index in [9.17, 15) is 5.11 Å². The lowest BCUT2D eigenvalue weighted by Crippen LogP contribution is -2.44. The molecule has 0 spiro atoms. The first kappa shape index (κ1) is 13.6. The average Bonchev–Trinajstić information content (AvgIpc) is 2.40. The summed E-state index contributed by atoms with van der Waals surface area (Å²) in [7, 11) is 0. The number of aryl methyl sites for hydroxylation is 1. The van der Waals surface area contributed by atoms with Crippen LogP contribution in [0.4, 0.5) is 0 Å². The molecule has 1 saturated heterocycles. The van der Waals surface area contributed by atoms with Crippen molar-refractivity contribution in [3.05, 3.63) is 40.4 Å². The van der Waals surface area contributed by atoms with Gasteiger partial charge in [-0.1, -0.05) is 28.1 Å². The molecule has 3 nitrogen and oxygen atoms in total. The molecule has 0 amide bonds. The standard InChI is InChI=1S/C14H19BrN2O/c1-3-12(17-8-6-16-7-9-17)13-11(15)5-4-10(2)14(13)18/h3-5,12,16,18H,1,6-9H2,2H3/t12-/m0/s1. The minimum Gasteiger partial charge on any atom is -0.507 e. The van der Waals surface area contributed by atoms with Crippen LogP contribution in [-0.4, -0.2) is 36.2 Å². The van der Waals surface area contributed by atoms with Crippen LogP contribution >= 0.6 is 15.9 Å². The Kier molecular flexibility index (Phi) is 4.43. The normalized spacial score (nSPS) is 18.6. The number of hydrogen-bond donors (Lipinski definition) is 2. The highest BCUT2D eigenvalue weighted by Gasteiger charge is 2.24. The number of phenols is 1. The van der Waals surface area contributed by atoms with Gasteiger partial charge in [0, 0.05) is 36.2 Å². The third-order valence-corrected chi connectivity index (χ3v) is 4.12. The molecule has 18 heavy (non-hydrogen) atoms. The maximum atomic E-state index is 10.3. The van der Waals surface area contributed by atoms with Crippen molar-refractivity contribution in [1.82, 2.24) is 10.2 Å². The summed E-state index contributed by atoms with van der Waals surface area (Å²) >= 11 is 3.54. The molecule has 1 heterocycles. The lowest BCUT2D eigenvalue weighted by Gasteiger charge is -2.34. The minimum absolute atomic E-state index is 0.0568. The zero-order chi connectivity index (χ0) is 13.1. The summed E-state index contributed by atoms with van der Waals surface area (Å²) in [6.07, 6.45) is 1.91. The molecule has 4 heteroatoms. The second-order valence-electron chi connectivity index (χ2n) is 4.59. The van der Waals surface area contributed by atoms with E-state index >= 15 is 0 Å². The van der Waals surface area contributed by atoms with E-state index in [1.54, 1.807) is 0 Å². The average molecular weight is 311 g/mol. The molecule has 0 unspecified atom stereocenters. The number of aromatic hydroxyl groups is 1. The van der Waals surface area contributed by atoms with E-state index in [0.717, 1.165) is 41.8 Å². The predicted molar refractivity (Wildman–Crippen MR) is 77.9 cm³/mol. The number of piperazine rings is 1. The Morgan fingerprint density at radius 2 is 2.11 bits per heavy atom. The first-order valence-corrected chi connectivity index (χ1v) is 6.99. The van der Waals surface area contributed by atoms with Gasteiger partial charge in [0.25, 0.3) is 0 Å². The summed E-state index contributed by atoms with van der Waals surface area (Å²) < 4.78 is 0.939. The largest absolute Gasteiger partial charge is 0.507 e. The van der Waals surface area contributed by atoms with Gasteiger partial charge in [0.2, 0.25) is 0 Å². The first-order valence-electron chi connectivity index (χ1n) is 6.20. The van der Waals surface area contributed by atoms with Crippen LogP contribution < -0.4 is 5.32 Å².